The van der Waals surface area contributed by atoms with E-state index >= 15 is 0 Å². The van der Waals surface area contributed by atoms with Crippen molar-refractivity contribution >= 4 is 23.3 Å². The number of carbonyl (C=O) groups excluding carboxylic acids is 1. The van der Waals surface area contributed by atoms with Crippen LogP contribution in [0.5, 0.6) is 0 Å². The van der Waals surface area contributed by atoms with Gasteiger partial charge in [-0.15, -0.1) is 0 Å². The van der Waals surface area contributed by atoms with Crippen LogP contribution in [-0.2, 0) is 6.54 Å². The van der Waals surface area contributed by atoms with Crippen LogP contribution in [0.15, 0.2) is 42.6 Å². The SMILES string of the molecule is CN(C)c1ncccc1CNC(=O)c1ccccc1Cl. The molecule has 0 unspecified atom stereocenters. The molecule has 104 valence electrons. The molecule has 0 aliphatic rings. The number of hydrogen-bond acceptors (Lipinski definition) is 3. The Hall–Kier alpha value is -2.07. The monoisotopic (exact) mass is 289 g/mol. The quantitative estimate of drug-likeness (QED) is 0.941. The highest BCUT2D eigenvalue weighted by molar-refractivity contribution is 6.33. The molecular formula is C15H16ClN3O. The molecule has 4 nitrogen and oxygen atoms in total. The molecule has 5 heteroatoms. The van der Waals surface area contributed by atoms with E-state index in [-0.39, 0.29) is 5.91 Å². The van der Waals surface area contributed by atoms with Crippen LogP contribution in [0.1, 0.15) is 15.9 Å². The molecule has 0 bridgehead atoms. The standard InChI is InChI=1S/C15H16ClN3O/c1-19(2)14-11(6-5-9-17-14)10-18-15(20)12-7-3-4-8-13(12)16/h3-9H,10H2,1-2H3,(H,18,20). The van der Waals surface area contributed by atoms with Gasteiger partial charge in [0.15, 0.2) is 0 Å². The predicted molar refractivity (Wildman–Crippen MR) is 81.2 cm³/mol. The smallest absolute Gasteiger partial charge is 0.253 e. The fourth-order valence-electron chi connectivity index (χ4n) is 1.89. The zero-order chi connectivity index (χ0) is 14.5. The lowest BCUT2D eigenvalue weighted by Crippen LogP contribution is -2.24. The van der Waals surface area contributed by atoms with Gasteiger partial charge in [-0.1, -0.05) is 29.8 Å². The Morgan fingerprint density at radius 1 is 1.25 bits per heavy atom. The molecule has 2 aromatic rings. The second-order valence-corrected chi connectivity index (χ2v) is 4.95. The second kappa shape index (κ2) is 6.39. The van der Waals surface area contributed by atoms with Crippen LogP contribution in [0.4, 0.5) is 5.82 Å². The van der Waals surface area contributed by atoms with Gasteiger partial charge in [-0.3, -0.25) is 4.79 Å². The van der Waals surface area contributed by atoms with E-state index in [2.05, 4.69) is 10.3 Å². The van der Waals surface area contributed by atoms with Gasteiger partial charge >= 0.3 is 0 Å². The van der Waals surface area contributed by atoms with Gasteiger partial charge in [0.25, 0.3) is 5.91 Å². The first-order valence-corrected chi connectivity index (χ1v) is 6.61. The van der Waals surface area contributed by atoms with Crippen LogP contribution in [0.3, 0.4) is 0 Å². The van der Waals surface area contributed by atoms with E-state index in [9.17, 15) is 4.79 Å². The number of nitrogens with zero attached hydrogens (tertiary/aromatic N) is 2. The molecule has 0 saturated heterocycles. The first-order valence-electron chi connectivity index (χ1n) is 6.23. The molecule has 2 rings (SSSR count). The van der Waals surface area contributed by atoms with Crippen LogP contribution in [0, 0.1) is 0 Å². The lowest BCUT2D eigenvalue weighted by atomic mass is 10.2. The Bertz CT molecular complexity index is 614. The number of hydrogen-bond donors (Lipinski definition) is 1. The summed E-state index contributed by atoms with van der Waals surface area (Å²) in [6, 6.07) is 10.8. The maximum atomic E-state index is 12.1. The van der Waals surface area contributed by atoms with Crippen molar-refractivity contribution in [2.24, 2.45) is 0 Å². The molecule has 0 radical (unpaired) electrons. The summed E-state index contributed by atoms with van der Waals surface area (Å²) in [6.45, 7) is 0.408. The normalized spacial score (nSPS) is 10.2. The van der Waals surface area contributed by atoms with Crippen molar-refractivity contribution in [3.8, 4) is 0 Å². The fourth-order valence-corrected chi connectivity index (χ4v) is 2.11. The zero-order valence-electron chi connectivity index (χ0n) is 11.4. The first kappa shape index (κ1) is 14.3. The minimum atomic E-state index is -0.191. The molecule has 0 atom stereocenters. The van der Waals surface area contributed by atoms with Crippen molar-refractivity contribution in [1.29, 1.82) is 0 Å². The molecule has 1 amide bonds. The molecular weight excluding hydrogens is 274 g/mol. The Morgan fingerprint density at radius 2 is 2.00 bits per heavy atom. The van der Waals surface area contributed by atoms with Crippen molar-refractivity contribution in [2.45, 2.75) is 6.54 Å². The lowest BCUT2D eigenvalue weighted by molar-refractivity contribution is 0.0951. The topological polar surface area (TPSA) is 45.2 Å². The minimum Gasteiger partial charge on any atom is -0.362 e. The van der Waals surface area contributed by atoms with Gasteiger partial charge in [0.2, 0.25) is 0 Å². The van der Waals surface area contributed by atoms with Crippen LogP contribution in [-0.4, -0.2) is 25.0 Å². The highest BCUT2D eigenvalue weighted by atomic mass is 35.5. The highest BCUT2D eigenvalue weighted by Gasteiger charge is 2.11. The van der Waals surface area contributed by atoms with Crippen LogP contribution in [0.25, 0.3) is 0 Å². The zero-order valence-corrected chi connectivity index (χ0v) is 12.2. The second-order valence-electron chi connectivity index (χ2n) is 4.54. The van der Waals surface area contributed by atoms with Gasteiger partial charge in [0.1, 0.15) is 5.82 Å². The van der Waals surface area contributed by atoms with E-state index in [1.807, 2.05) is 31.1 Å². The van der Waals surface area contributed by atoms with Crippen LogP contribution < -0.4 is 10.2 Å². The molecule has 1 aromatic carbocycles. The Kier molecular flexibility index (Phi) is 4.58. The van der Waals surface area contributed by atoms with Crippen LogP contribution in [0.2, 0.25) is 5.02 Å². The van der Waals surface area contributed by atoms with E-state index < -0.39 is 0 Å². The van der Waals surface area contributed by atoms with Crippen molar-refractivity contribution < 1.29 is 4.79 Å². The number of pyridine rings is 1. The highest BCUT2D eigenvalue weighted by Crippen LogP contribution is 2.16. The Balaban J connectivity index is 2.10. The lowest BCUT2D eigenvalue weighted by Gasteiger charge is -2.16. The van der Waals surface area contributed by atoms with Crippen LogP contribution >= 0.6 is 11.6 Å². The molecule has 0 saturated carbocycles. The first-order chi connectivity index (χ1) is 9.59. The molecule has 0 aliphatic carbocycles. The van der Waals surface area contributed by atoms with E-state index in [4.69, 9.17) is 11.6 Å². The average Bonchev–Trinajstić information content (AvgIpc) is 2.45. The number of amides is 1. The third kappa shape index (κ3) is 3.27. The molecule has 0 aliphatic heterocycles. The number of anilines is 1. The summed E-state index contributed by atoms with van der Waals surface area (Å²) in [7, 11) is 3.84. The predicted octanol–water partition coefficient (Wildman–Crippen LogP) is 2.73. The average molecular weight is 290 g/mol. The van der Waals surface area contributed by atoms with E-state index in [1.54, 1.807) is 30.5 Å². The van der Waals surface area contributed by atoms with Crippen molar-refractivity contribution in [3.63, 3.8) is 0 Å². The summed E-state index contributed by atoms with van der Waals surface area (Å²) in [5.41, 5.74) is 1.43. The number of nitrogens with one attached hydrogen (secondary N) is 1. The van der Waals surface area contributed by atoms with Gasteiger partial charge in [-0.2, -0.15) is 0 Å². The van der Waals surface area contributed by atoms with E-state index in [1.165, 1.54) is 0 Å². The third-order valence-corrected chi connectivity index (χ3v) is 3.18. The largest absolute Gasteiger partial charge is 0.362 e. The summed E-state index contributed by atoms with van der Waals surface area (Å²) >= 11 is 6.00. The molecule has 1 aromatic heterocycles. The summed E-state index contributed by atoms with van der Waals surface area (Å²) in [5, 5.41) is 3.31. The molecule has 1 N–H and O–H groups in total. The van der Waals surface area contributed by atoms with Gasteiger partial charge in [-0.05, 0) is 18.2 Å². The van der Waals surface area contributed by atoms with Gasteiger partial charge in [0, 0.05) is 32.4 Å². The number of benzene rings is 1. The van der Waals surface area contributed by atoms with Gasteiger partial charge in [0.05, 0.1) is 10.6 Å². The summed E-state index contributed by atoms with van der Waals surface area (Å²) in [5.74, 6) is 0.649. The van der Waals surface area contributed by atoms with Crippen molar-refractivity contribution in [2.75, 3.05) is 19.0 Å². The summed E-state index contributed by atoms with van der Waals surface area (Å²) < 4.78 is 0. The number of carbonyl (C=O) groups is 1. The Labute approximate surface area is 123 Å². The van der Waals surface area contributed by atoms with E-state index in [0.29, 0.717) is 17.1 Å². The van der Waals surface area contributed by atoms with E-state index in [0.717, 1.165) is 11.4 Å². The third-order valence-electron chi connectivity index (χ3n) is 2.85. The molecule has 1 heterocycles. The van der Waals surface area contributed by atoms with Crippen molar-refractivity contribution in [1.82, 2.24) is 10.3 Å². The molecule has 20 heavy (non-hydrogen) atoms. The minimum absolute atomic E-state index is 0.191. The number of rotatable bonds is 4. The van der Waals surface area contributed by atoms with Gasteiger partial charge in [-0.25, -0.2) is 4.98 Å². The number of halogens is 1. The number of aromatic nitrogens is 1. The molecule has 0 fully saturated rings. The Morgan fingerprint density at radius 3 is 2.70 bits per heavy atom. The molecule has 0 spiro atoms. The van der Waals surface area contributed by atoms with Gasteiger partial charge < -0.3 is 10.2 Å². The summed E-state index contributed by atoms with van der Waals surface area (Å²) in [4.78, 5) is 18.3. The summed E-state index contributed by atoms with van der Waals surface area (Å²) in [6.07, 6.45) is 1.73. The fraction of sp³-hybridized carbons (Fsp3) is 0.200. The maximum absolute atomic E-state index is 12.1. The van der Waals surface area contributed by atoms with Crippen molar-refractivity contribution in [3.05, 3.63) is 58.7 Å². The maximum Gasteiger partial charge on any atom is 0.253 e.